The molecule has 0 bridgehead atoms. The Kier molecular flexibility index (Phi) is 15.7. The monoisotopic (exact) mass is 714 g/mol. The molecule has 2 heterocycles. The highest BCUT2D eigenvalue weighted by atomic mass is 35.5. The first-order valence-electron chi connectivity index (χ1n) is 17.0. The van der Waals surface area contributed by atoms with Crippen LogP contribution in [0.25, 0.3) is 11.1 Å². The summed E-state index contributed by atoms with van der Waals surface area (Å²) in [6.45, 7) is 10.4. The Bertz CT molecular complexity index is 1770. The molecular formula is C40H47ClN4O6. The van der Waals surface area contributed by atoms with Crippen LogP contribution in [0.4, 0.5) is 0 Å². The molecule has 270 valence electrons. The molecule has 0 aliphatic carbocycles. The molecule has 0 atom stereocenters. The number of ether oxygens (including phenoxy) is 3. The minimum absolute atomic E-state index is 0.0447. The third-order valence-electron chi connectivity index (χ3n) is 8.93. The second-order valence-corrected chi connectivity index (χ2v) is 12.9. The highest BCUT2D eigenvalue weighted by molar-refractivity contribution is 6.32. The molecule has 10 nitrogen and oxygen atoms in total. The van der Waals surface area contributed by atoms with E-state index in [1.54, 1.807) is 12.3 Å². The molecule has 11 heteroatoms. The minimum atomic E-state index is -0.250. The molecule has 1 aromatic heterocycles. The number of carbonyl (C=O) groups is 1. The lowest BCUT2D eigenvalue weighted by molar-refractivity contribution is -0.122. The quantitative estimate of drug-likeness (QED) is 0.0946. The lowest BCUT2D eigenvalue weighted by atomic mass is 9.92. The molecule has 4 aromatic rings. The molecule has 0 radical (unpaired) electrons. The number of pyridine rings is 1. The number of aromatic nitrogens is 1. The first-order chi connectivity index (χ1) is 24.8. The number of nitriles is 1. The maximum absolute atomic E-state index is 9.42. The SMILES string of the molecule is Cc1c(COCCN2CCCC2)cccc1-c1cccc(COc2cc(OCc3cncc(C#N)c3)c(CN(C)CCO)cc2Cl)c1C.O=CO. The van der Waals surface area contributed by atoms with Crippen LogP contribution in [0.5, 0.6) is 11.5 Å². The highest BCUT2D eigenvalue weighted by Gasteiger charge is 2.16. The standard InChI is InChI=1S/C39H45ClN4O4.CH2O2/c1-28-32(26-46-17-15-44-12-4-5-13-44)8-6-10-35(28)36-11-7-9-33(29(36)2)27-48-39-20-38(34(19-37(39)40)24-43(3)14-16-45)47-25-31-18-30(21-41)22-42-23-31;2-1-3/h6-11,18-20,22-23,45H,4-5,12-17,24-27H2,1-3H3;1H,(H,2,3). The van der Waals surface area contributed by atoms with Crippen LogP contribution in [0.3, 0.4) is 0 Å². The Hall–Kier alpha value is -4.50. The summed E-state index contributed by atoms with van der Waals surface area (Å²) in [5.41, 5.74) is 9.10. The van der Waals surface area contributed by atoms with E-state index in [-0.39, 0.29) is 19.7 Å². The Morgan fingerprint density at radius 1 is 0.941 bits per heavy atom. The van der Waals surface area contributed by atoms with Crippen molar-refractivity contribution >= 4 is 18.1 Å². The van der Waals surface area contributed by atoms with Gasteiger partial charge in [-0.15, -0.1) is 0 Å². The number of benzene rings is 3. The van der Waals surface area contributed by atoms with Gasteiger partial charge in [-0.05, 0) is 92.3 Å². The molecule has 51 heavy (non-hydrogen) atoms. The Morgan fingerprint density at radius 3 is 2.24 bits per heavy atom. The fourth-order valence-corrected chi connectivity index (χ4v) is 6.32. The van der Waals surface area contributed by atoms with Crippen LogP contribution in [0, 0.1) is 25.2 Å². The zero-order chi connectivity index (χ0) is 36.6. The lowest BCUT2D eigenvalue weighted by Crippen LogP contribution is -2.23. The average molecular weight is 715 g/mol. The zero-order valence-electron chi connectivity index (χ0n) is 29.6. The number of hydrogen-bond acceptors (Lipinski definition) is 9. The maximum atomic E-state index is 9.42. The van der Waals surface area contributed by atoms with E-state index in [4.69, 9.17) is 35.7 Å². The third-order valence-corrected chi connectivity index (χ3v) is 9.22. The summed E-state index contributed by atoms with van der Waals surface area (Å²) < 4.78 is 18.7. The van der Waals surface area contributed by atoms with Crippen molar-refractivity contribution in [2.45, 2.75) is 53.1 Å². The second kappa shape index (κ2) is 20.4. The van der Waals surface area contributed by atoms with Gasteiger partial charge in [0.2, 0.25) is 0 Å². The van der Waals surface area contributed by atoms with Gasteiger partial charge in [0.05, 0.1) is 30.4 Å². The molecule has 0 saturated carbocycles. The summed E-state index contributed by atoms with van der Waals surface area (Å²) in [4.78, 5) is 17.0. The molecule has 1 saturated heterocycles. The van der Waals surface area contributed by atoms with Crippen LogP contribution in [-0.2, 0) is 35.9 Å². The number of carboxylic acid groups (broad SMARTS) is 1. The van der Waals surface area contributed by atoms with Crippen LogP contribution in [0.2, 0.25) is 5.02 Å². The number of likely N-dealkylation sites (N-methyl/N-ethyl adjacent to an activating group) is 1. The smallest absolute Gasteiger partial charge is 0.290 e. The fourth-order valence-electron chi connectivity index (χ4n) is 6.07. The Morgan fingerprint density at radius 2 is 1.59 bits per heavy atom. The predicted octanol–water partition coefficient (Wildman–Crippen LogP) is 6.79. The van der Waals surface area contributed by atoms with Crippen LogP contribution in [0.15, 0.2) is 67.0 Å². The molecule has 2 N–H and O–H groups in total. The van der Waals surface area contributed by atoms with Crippen molar-refractivity contribution in [1.82, 2.24) is 14.8 Å². The van der Waals surface area contributed by atoms with Gasteiger partial charge in [-0.25, -0.2) is 0 Å². The first-order valence-corrected chi connectivity index (χ1v) is 17.4. The first kappa shape index (κ1) is 39.3. The van der Waals surface area contributed by atoms with E-state index in [0.717, 1.165) is 41.0 Å². The third kappa shape index (κ3) is 11.5. The summed E-state index contributed by atoms with van der Waals surface area (Å²) in [6.07, 6.45) is 5.79. The van der Waals surface area contributed by atoms with Crippen molar-refractivity contribution in [3.63, 3.8) is 0 Å². The number of hydrogen-bond donors (Lipinski definition) is 2. The van der Waals surface area contributed by atoms with Crippen LogP contribution in [-0.4, -0.2) is 77.9 Å². The van der Waals surface area contributed by atoms with Gasteiger partial charge in [-0.1, -0.05) is 48.0 Å². The van der Waals surface area contributed by atoms with E-state index >= 15 is 0 Å². The van der Waals surface area contributed by atoms with Crippen molar-refractivity contribution in [3.05, 3.63) is 111 Å². The van der Waals surface area contributed by atoms with Crippen molar-refractivity contribution in [2.75, 3.05) is 46.4 Å². The largest absolute Gasteiger partial charge is 0.488 e. The van der Waals surface area contributed by atoms with Gasteiger partial charge < -0.3 is 29.3 Å². The van der Waals surface area contributed by atoms with Gasteiger partial charge in [0, 0.05) is 49.2 Å². The van der Waals surface area contributed by atoms with E-state index in [1.807, 2.05) is 24.1 Å². The molecule has 5 rings (SSSR count). The van der Waals surface area contributed by atoms with Gasteiger partial charge in [0.1, 0.15) is 30.8 Å². The second-order valence-electron chi connectivity index (χ2n) is 12.5. The summed E-state index contributed by atoms with van der Waals surface area (Å²) >= 11 is 6.77. The Labute approximate surface area is 305 Å². The number of likely N-dealkylation sites (tertiary alicyclic amines) is 1. The average Bonchev–Trinajstić information content (AvgIpc) is 3.65. The molecular weight excluding hydrogens is 668 g/mol. The Balaban J connectivity index is 0.00000188. The van der Waals surface area contributed by atoms with Crippen LogP contribution in [0.1, 0.15) is 51.8 Å². The van der Waals surface area contributed by atoms with E-state index in [2.05, 4.69) is 66.2 Å². The number of rotatable bonds is 16. The van der Waals surface area contributed by atoms with Crippen molar-refractivity contribution < 1.29 is 29.2 Å². The van der Waals surface area contributed by atoms with Crippen LogP contribution >= 0.6 is 11.6 Å². The molecule has 1 aliphatic heterocycles. The topological polar surface area (TPSA) is 128 Å². The number of nitrogens with zero attached hydrogens (tertiary/aromatic N) is 4. The fraction of sp³-hybridized carbons (Fsp3) is 0.375. The van der Waals surface area contributed by atoms with Crippen molar-refractivity contribution in [1.29, 1.82) is 5.26 Å². The van der Waals surface area contributed by atoms with E-state index in [9.17, 15) is 10.4 Å². The van der Waals surface area contributed by atoms with Crippen LogP contribution < -0.4 is 9.47 Å². The van der Waals surface area contributed by atoms with E-state index < -0.39 is 0 Å². The van der Waals surface area contributed by atoms with Gasteiger partial charge in [0.15, 0.2) is 0 Å². The van der Waals surface area contributed by atoms with Gasteiger partial charge >= 0.3 is 0 Å². The number of aliphatic hydroxyl groups is 1. The summed E-state index contributed by atoms with van der Waals surface area (Å²) in [5, 5.41) is 26.1. The van der Waals surface area contributed by atoms with E-state index in [0.29, 0.717) is 48.4 Å². The minimum Gasteiger partial charge on any atom is -0.488 e. The summed E-state index contributed by atoms with van der Waals surface area (Å²) in [5.74, 6) is 1.13. The van der Waals surface area contributed by atoms with Gasteiger partial charge in [0.25, 0.3) is 6.47 Å². The van der Waals surface area contributed by atoms with Crippen molar-refractivity contribution in [3.8, 4) is 28.7 Å². The molecule has 3 aromatic carbocycles. The maximum Gasteiger partial charge on any atom is 0.290 e. The highest BCUT2D eigenvalue weighted by Crippen LogP contribution is 2.36. The number of halogens is 1. The van der Waals surface area contributed by atoms with Gasteiger partial charge in [-0.3, -0.25) is 14.7 Å². The lowest BCUT2D eigenvalue weighted by Gasteiger charge is -2.20. The number of aliphatic hydroxyl groups excluding tert-OH is 1. The normalized spacial score (nSPS) is 12.6. The molecule has 1 fully saturated rings. The van der Waals surface area contributed by atoms with Gasteiger partial charge in [-0.2, -0.15) is 5.26 Å². The molecule has 0 unspecified atom stereocenters. The molecule has 0 amide bonds. The zero-order valence-corrected chi connectivity index (χ0v) is 30.4. The van der Waals surface area contributed by atoms with E-state index in [1.165, 1.54) is 48.8 Å². The predicted molar refractivity (Wildman–Crippen MR) is 198 cm³/mol. The summed E-state index contributed by atoms with van der Waals surface area (Å²) in [7, 11) is 1.92. The summed E-state index contributed by atoms with van der Waals surface area (Å²) in [6, 6.07) is 20.3. The molecule has 1 aliphatic rings. The molecule has 0 spiro atoms. The van der Waals surface area contributed by atoms with Crippen molar-refractivity contribution in [2.24, 2.45) is 0 Å².